The molecular weight excluding hydrogens is 278 g/mol. The van der Waals surface area contributed by atoms with E-state index in [2.05, 4.69) is 59.2 Å². The normalized spacial score (nSPS) is 18.7. The van der Waals surface area contributed by atoms with Crippen LogP contribution in [0.4, 0.5) is 0 Å². The third kappa shape index (κ3) is 3.16. The summed E-state index contributed by atoms with van der Waals surface area (Å²) in [6.45, 7) is 6.36. The first kappa shape index (κ1) is 14.7. The van der Waals surface area contributed by atoms with Crippen molar-refractivity contribution in [2.75, 3.05) is 6.54 Å². The third-order valence-electron chi connectivity index (χ3n) is 4.13. The van der Waals surface area contributed by atoms with Gasteiger partial charge in [-0.3, -0.25) is 0 Å². The zero-order valence-electron chi connectivity index (χ0n) is 12.7. The van der Waals surface area contributed by atoms with Crippen LogP contribution < -0.4 is 5.32 Å². The molecular formula is C17H23N3S. The smallest absolute Gasteiger partial charge is 0.110 e. The monoisotopic (exact) mass is 301 g/mol. The second-order valence-corrected chi connectivity index (χ2v) is 6.75. The predicted octanol–water partition coefficient (Wildman–Crippen LogP) is 3.14. The highest BCUT2D eigenvalue weighted by molar-refractivity contribution is 8.00. The average molecular weight is 301 g/mol. The molecule has 1 aromatic heterocycles. The molecule has 1 aromatic carbocycles. The summed E-state index contributed by atoms with van der Waals surface area (Å²) in [6.07, 6.45) is 6.15. The van der Waals surface area contributed by atoms with E-state index in [1.165, 1.54) is 16.3 Å². The molecule has 0 saturated carbocycles. The molecule has 0 spiro atoms. The summed E-state index contributed by atoms with van der Waals surface area (Å²) in [7, 11) is 0. The number of hydrogen-bond donors (Lipinski definition) is 1. The molecule has 0 amide bonds. The number of thioether (sulfide) groups is 1. The number of aryl methyl sites for hydroxylation is 1. The van der Waals surface area contributed by atoms with Crippen LogP contribution in [0.5, 0.6) is 0 Å². The fourth-order valence-corrected chi connectivity index (χ4v) is 4.45. The Morgan fingerprint density at radius 1 is 1.38 bits per heavy atom. The van der Waals surface area contributed by atoms with Crippen molar-refractivity contribution in [3.05, 3.63) is 48.0 Å². The molecule has 1 aliphatic heterocycles. The van der Waals surface area contributed by atoms with E-state index < -0.39 is 0 Å². The molecule has 21 heavy (non-hydrogen) atoms. The van der Waals surface area contributed by atoms with E-state index in [1.807, 2.05) is 18.0 Å². The molecule has 0 bridgehead atoms. The molecule has 0 aliphatic carbocycles. The highest BCUT2D eigenvalue weighted by Gasteiger charge is 2.29. The Hall–Kier alpha value is -1.26. The van der Waals surface area contributed by atoms with E-state index in [0.717, 1.165) is 25.9 Å². The fourth-order valence-electron chi connectivity index (χ4n) is 3.05. The van der Waals surface area contributed by atoms with Gasteiger partial charge in [0.05, 0.1) is 0 Å². The van der Waals surface area contributed by atoms with Gasteiger partial charge in [-0.25, -0.2) is 4.98 Å². The van der Waals surface area contributed by atoms with Crippen LogP contribution in [-0.4, -0.2) is 27.4 Å². The van der Waals surface area contributed by atoms with Gasteiger partial charge in [-0.05, 0) is 31.5 Å². The maximum absolute atomic E-state index is 4.54. The topological polar surface area (TPSA) is 29.9 Å². The van der Waals surface area contributed by atoms with E-state index in [0.29, 0.717) is 11.3 Å². The quantitative estimate of drug-likeness (QED) is 0.889. The van der Waals surface area contributed by atoms with E-state index in [4.69, 9.17) is 0 Å². The Morgan fingerprint density at radius 3 is 3.00 bits per heavy atom. The minimum absolute atomic E-state index is 0.472. The predicted molar refractivity (Wildman–Crippen MR) is 88.9 cm³/mol. The molecule has 2 unspecified atom stereocenters. The summed E-state index contributed by atoms with van der Waals surface area (Å²) in [4.78, 5) is 5.99. The van der Waals surface area contributed by atoms with Crippen LogP contribution in [-0.2, 0) is 19.4 Å². The van der Waals surface area contributed by atoms with Gasteiger partial charge in [-0.2, -0.15) is 0 Å². The lowest BCUT2D eigenvalue weighted by atomic mass is 10.0. The van der Waals surface area contributed by atoms with Crippen molar-refractivity contribution in [3.63, 3.8) is 0 Å². The van der Waals surface area contributed by atoms with Gasteiger partial charge in [0, 0.05) is 41.5 Å². The van der Waals surface area contributed by atoms with Gasteiger partial charge < -0.3 is 9.88 Å². The van der Waals surface area contributed by atoms with Crippen LogP contribution in [0.3, 0.4) is 0 Å². The minimum atomic E-state index is 0.472. The van der Waals surface area contributed by atoms with Crippen molar-refractivity contribution in [2.45, 2.75) is 49.4 Å². The van der Waals surface area contributed by atoms with Crippen molar-refractivity contribution < 1.29 is 0 Å². The number of nitrogens with zero attached hydrogens (tertiary/aromatic N) is 2. The fraction of sp³-hybridized carbons (Fsp3) is 0.471. The zero-order chi connectivity index (χ0) is 14.7. The standard InChI is InChI=1S/C17H23N3S/c1-3-18-14(12-17-19-9-10-20(17)4-2)16-11-13-7-5-6-8-15(13)21-16/h5-10,14,16,18H,3-4,11-12H2,1-2H3. The first-order chi connectivity index (χ1) is 10.3. The summed E-state index contributed by atoms with van der Waals surface area (Å²) < 4.78 is 2.25. The Kier molecular flexibility index (Phi) is 4.66. The molecule has 112 valence electrons. The summed E-state index contributed by atoms with van der Waals surface area (Å²) in [5.41, 5.74) is 1.49. The molecule has 2 aromatic rings. The van der Waals surface area contributed by atoms with Gasteiger partial charge in [0.15, 0.2) is 0 Å². The number of rotatable bonds is 6. The zero-order valence-corrected chi connectivity index (χ0v) is 13.6. The van der Waals surface area contributed by atoms with Gasteiger partial charge in [-0.15, -0.1) is 11.8 Å². The highest BCUT2D eigenvalue weighted by Crippen LogP contribution is 2.38. The second-order valence-electron chi connectivity index (χ2n) is 5.47. The van der Waals surface area contributed by atoms with Crippen LogP contribution in [0.15, 0.2) is 41.6 Å². The SMILES string of the molecule is CCNC(Cc1nccn1CC)C1Cc2ccccc2S1. The molecule has 2 heterocycles. The van der Waals surface area contributed by atoms with Crippen molar-refractivity contribution in [3.8, 4) is 0 Å². The largest absolute Gasteiger partial charge is 0.335 e. The van der Waals surface area contributed by atoms with Crippen LogP contribution in [0, 0.1) is 0 Å². The number of nitrogens with one attached hydrogen (secondary N) is 1. The number of likely N-dealkylation sites (N-methyl/N-ethyl adjacent to an activating group) is 1. The van der Waals surface area contributed by atoms with Gasteiger partial charge in [0.25, 0.3) is 0 Å². The van der Waals surface area contributed by atoms with E-state index >= 15 is 0 Å². The molecule has 3 nitrogen and oxygen atoms in total. The van der Waals surface area contributed by atoms with Crippen LogP contribution in [0.25, 0.3) is 0 Å². The van der Waals surface area contributed by atoms with Gasteiger partial charge in [0.1, 0.15) is 5.82 Å². The Bertz CT molecular complexity index is 568. The molecule has 4 heteroatoms. The number of imidazole rings is 1. The maximum Gasteiger partial charge on any atom is 0.110 e. The molecule has 0 radical (unpaired) electrons. The summed E-state index contributed by atoms with van der Waals surface area (Å²) in [6, 6.07) is 9.27. The second kappa shape index (κ2) is 6.67. The molecule has 1 N–H and O–H groups in total. The van der Waals surface area contributed by atoms with Crippen LogP contribution in [0.2, 0.25) is 0 Å². The Balaban J connectivity index is 1.74. The summed E-state index contributed by atoms with van der Waals surface area (Å²) in [5, 5.41) is 4.28. The van der Waals surface area contributed by atoms with E-state index in [1.54, 1.807) is 0 Å². The Morgan fingerprint density at radius 2 is 2.24 bits per heavy atom. The lowest BCUT2D eigenvalue weighted by molar-refractivity contribution is 0.486. The highest BCUT2D eigenvalue weighted by atomic mass is 32.2. The number of benzene rings is 1. The molecule has 2 atom stereocenters. The Labute approximate surface area is 131 Å². The summed E-state index contributed by atoms with van der Waals surface area (Å²) in [5.74, 6) is 1.19. The first-order valence-corrected chi connectivity index (χ1v) is 8.67. The average Bonchev–Trinajstić information content (AvgIpc) is 3.12. The van der Waals surface area contributed by atoms with Crippen molar-refractivity contribution in [1.29, 1.82) is 0 Å². The van der Waals surface area contributed by atoms with Crippen LogP contribution >= 0.6 is 11.8 Å². The van der Waals surface area contributed by atoms with Crippen molar-refractivity contribution in [1.82, 2.24) is 14.9 Å². The van der Waals surface area contributed by atoms with Gasteiger partial charge >= 0.3 is 0 Å². The van der Waals surface area contributed by atoms with Gasteiger partial charge in [0.2, 0.25) is 0 Å². The molecule has 0 fully saturated rings. The van der Waals surface area contributed by atoms with Crippen molar-refractivity contribution in [2.24, 2.45) is 0 Å². The third-order valence-corrected chi connectivity index (χ3v) is 5.58. The summed E-state index contributed by atoms with van der Waals surface area (Å²) >= 11 is 2.02. The minimum Gasteiger partial charge on any atom is -0.335 e. The lowest BCUT2D eigenvalue weighted by Crippen LogP contribution is -2.40. The molecule has 1 aliphatic rings. The number of hydrogen-bond acceptors (Lipinski definition) is 3. The lowest BCUT2D eigenvalue weighted by Gasteiger charge is -2.23. The molecule has 0 saturated heterocycles. The molecule has 3 rings (SSSR count). The van der Waals surface area contributed by atoms with Crippen LogP contribution in [0.1, 0.15) is 25.2 Å². The van der Waals surface area contributed by atoms with Crippen molar-refractivity contribution >= 4 is 11.8 Å². The van der Waals surface area contributed by atoms with E-state index in [-0.39, 0.29) is 0 Å². The number of aromatic nitrogens is 2. The maximum atomic E-state index is 4.54. The number of fused-ring (bicyclic) bond motifs is 1. The van der Waals surface area contributed by atoms with E-state index in [9.17, 15) is 0 Å². The van der Waals surface area contributed by atoms with Gasteiger partial charge in [-0.1, -0.05) is 25.1 Å². The first-order valence-electron chi connectivity index (χ1n) is 7.79.